The number of aromatic nitrogens is 2. The van der Waals surface area contributed by atoms with Gasteiger partial charge in [0.15, 0.2) is 11.5 Å². The first kappa shape index (κ1) is 13.4. The number of hydrogen-bond acceptors (Lipinski definition) is 4. The molecule has 0 saturated heterocycles. The normalized spacial score (nSPS) is 13.5. The van der Waals surface area contributed by atoms with Crippen LogP contribution in [-0.2, 0) is 5.67 Å². The summed E-state index contributed by atoms with van der Waals surface area (Å²) >= 11 is 0. The lowest BCUT2D eigenvalue weighted by Gasteiger charge is -2.18. The van der Waals surface area contributed by atoms with Crippen molar-refractivity contribution in [3.8, 4) is 22.8 Å². The van der Waals surface area contributed by atoms with Crippen LogP contribution in [-0.4, -0.2) is 28.1 Å². The highest BCUT2D eigenvalue weighted by Gasteiger charge is 2.28. The number of nitrogens with one attached hydrogen (secondary N) is 1. The number of benzene rings is 1. The summed E-state index contributed by atoms with van der Waals surface area (Å²) in [5.74, 6) is -0.179. The van der Waals surface area contributed by atoms with E-state index in [1.807, 2.05) is 0 Å². The van der Waals surface area contributed by atoms with E-state index in [-0.39, 0.29) is 12.5 Å². The van der Waals surface area contributed by atoms with E-state index in [0.29, 0.717) is 28.3 Å². The number of aromatic carboxylic acids is 1. The molecular formula is C14H13FN2O4. The topological polar surface area (TPSA) is 84.4 Å². The summed E-state index contributed by atoms with van der Waals surface area (Å²) < 4.78 is 25.0. The summed E-state index contributed by atoms with van der Waals surface area (Å²) in [5, 5.41) is 15.3. The zero-order valence-electron chi connectivity index (χ0n) is 11.4. The fourth-order valence-corrected chi connectivity index (χ4v) is 2.21. The molecule has 1 aliphatic heterocycles. The SMILES string of the molecule is CC(C)(F)c1cc2c(cc1-c1cc(C(=O)O)[nH]n1)OCO2. The van der Waals surface area contributed by atoms with Crippen LogP contribution in [0.15, 0.2) is 18.2 Å². The second-order valence-corrected chi connectivity index (χ2v) is 5.20. The van der Waals surface area contributed by atoms with Gasteiger partial charge in [-0.1, -0.05) is 0 Å². The van der Waals surface area contributed by atoms with Gasteiger partial charge in [-0.25, -0.2) is 9.18 Å². The van der Waals surface area contributed by atoms with Gasteiger partial charge in [-0.3, -0.25) is 5.10 Å². The van der Waals surface area contributed by atoms with Crippen LogP contribution in [0.2, 0.25) is 0 Å². The van der Waals surface area contributed by atoms with Crippen molar-refractivity contribution < 1.29 is 23.8 Å². The van der Waals surface area contributed by atoms with Gasteiger partial charge in [0.1, 0.15) is 11.4 Å². The molecule has 6 nitrogen and oxygen atoms in total. The van der Waals surface area contributed by atoms with Gasteiger partial charge in [0.2, 0.25) is 6.79 Å². The second-order valence-electron chi connectivity index (χ2n) is 5.20. The van der Waals surface area contributed by atoms with Crippen molar-refractivity contribution in [3.63, 3.8) is 0 Å². The molecule has 0 bridgehead atoms. The molecule has 2 heterocycles. The smallest absolute Gasteiger partial charge is 0.353 e. The Hall–Kier alpha value is -2.57. The molecule has 1 aromatic heterocycles. The Morgan fingerprint density at radius 3 is 2.57 bits per heavy atom. The Labute approximate surface area is 119 Å². The third-order valence-electron chi connectivity index (χ3n) is 3.24. The molecule has 0 radical (unpaired) electrons. The molecule has 110 valence electrons. The van der Waals surface area contributed by atoms with Crippen LogP contribution < -0.4 is 9.47 Å². The lowest BCUT2D eigenvalue weighted by Crippen LogP contribution is -2.11. The number of alkyl halides is 1. The minimum atomic E-state index is -1.64. The summed E-state index contributed by atoms with van der Waals surface area (Å²) in [7, 11) is 0. The minimum Gasteiger partial charge on any atom is -0.477 e. The summed E-state index contributed by atoms with van der Waals surface area (Å²) in [6, 6.07) is 4.53. The van der Waals surface area contributed by atoms with E-state index in [2.05, 4.69) is 10.2 Å². The van der Waals surface area contributed by atoms with Crippen LogP contribution >= 0.6 is 0 Å². The molecule has 2 aromatic rings. The van der Waals surface area contributed by atoms with E-state index in [0.717, 1.165) is 0 Å². The Balaban J connectivity index is 2.17. The maximum absolute atomic E-state index is 14.5. The molecule has 1 aliphatic rings. The number of halogens is 1. The van der Waals surface area contributed by atoms with Gasteiger partial charge < -0.3 is 14.6 Å². The second kappa shape index (κ2) is 4.47. The molecule has 7 heteroatoms. The first-order valence-electron chi connectivity index (χ1n) is 6.28. The Morgan fingerprint density at radius 2 is 2.00 bits per heavy atom. The van der Waals surface area contributed by atoms with E-state index in [9.17, 15) is 9.18 Å². The number of rotatable bonds is 3. The predicted molar refractivity (Wildman–Crippen MR) is 71.2 cm³/mol. The number of nitrogens with zero attached hydrogens (tertiary/aromatic N) is 1. The highest BCUT2D eigenvalue weighted by molar-refractivity contribution is 5.87. The van der Waals surface area contributed by atoms with Gasteiger partial charge in [0.05, 0.1) is 5.69 Å². The maximum Gasteiger partial charge on any atom is 0.353 e. The molecule has 0 atom stereocenters. The zero-order chi connectivity index (χ0) is 15.2. The highest BCUT2D eigenvalue weighted by atomic mass is 19.1. The fraction of sp³-hybridized carbons (Fsp3) is 0.286. The zero-order valence-corrected chi connectivity index (χ0v) is 11.4. The van der Waals surface area contributed by atoms with E-state index >= 15 is 0 Å². The fourth-order valence-electron chi connectivity index (χ4n) is 2.21. The molecule has 0 aliphatic carbocycles. The number of carboxylic acid groups (broad SMARTS) is 1. The summed E-state index contributed by atoms with van der Waals surface area (Å²) in [4.78, 5) is 10.9. The van der Waals surface area contributed by atoms with Crippen molar-refractivity contribution in [2.24, 2.45) is 0 Å². The quantitative estimate of drug-likeness (QED) is 0.908. The van der Waals surface area contributed by atoms with Crippen molar-refractivity contribution >= 4 is 5.97 Å². The Bertz CT molecular complexity index is 718. The molecule has 0 unspecified atom stereocenters. The lowest BCUT2D eigenvalue weighted by molar-refractivity contribution is 0.0690. The monoisotopic (exact) mass is 292 g/mol. The molecular weight excluding hydrogens is 279 g/mol. The van der Waals surface area contributed by atoms with Crippen LogP contribution in [0.1, 0.15) is 29.9 Å². The van der Waals surface area contributed by atoms with Gasteiger partial charge in [0, 0.05) is 11.1 Å². The number of ether oxygens (including phenoxy) is 2. The average Bonchev–Trinajstić information content (AvgIpc) is 3.04. The number of aromatic amines is 1. The van der Waals surface area contributed by atoms with Gasteiger partial charge >= 0.3 is 5.97 Å². The molecule has 1 aromatic carbocycles. The maximum atomic E-state index is 14.5. The van der Waals surface area contributed by atoms with Crippen molar-refractivity contribution in [2.45, 2.75) is 19.5 Å². The van der Waals surface area contributed by atoms with Crippen LogP contribution in [0.4, 0.5) is 4.39 Å². The molecule has 0 amide bonds. The highest BCUT2D eigenvalue weighted by Crippen LogP contribution is 2.43. The third kappa shape index (κ3) is 2.31. The summed E-state index contributed by atoms with van der Waals surface area (Å²) in [6.45, 7) is 2.91. The van der Waals surface area contributed by atoms with Crippen molar-refractivity contribution in [2.75, 3.05) is 6.79 Å². The van der Waals surface area contributed by atoms with Crippen molar-refractivity contribution in [1.82, 2.24) is 10.2 Å². The Morgan fingerprint density at radius 1 is 1.33 bits per heavy atom. The minimum absolute atomic E-state index is 0.0646. The van der Waals surface area contributed by atoms with E-state index in [1.165, 1.54) is 19.9 Å². The van der Waals surface area contributed by atoms with Crippen molar-refractivity contribution in [1.29, 1.82) is 0 Å². The molecule has 3 rings (SSSR count). The van der Waals surface area contributed by atoms with Crippen LogP contribution in [0.3, 0.4) is 0 Å². The lowest BCUT2D eigenvalue weighted by atomic mass is 9.92. The number of carbonyl (C=O) groups is 1. The van der Waals surface area contributed by atoms with Gasteiger partial charge in [-0.2, -0.15) is 5.10 Å². The summed E-state index contributed by atoms with van der Waals surface area (Å²) in [6.07, 6.45) is 0. The van der Waals surface area contributed by atoms with Crippen LogP contribution in [0.5, 0.6) is 11.5 Å². The Kier molecular flexibility index (Phi) is 2.86. The number of H-pyrrole nitrogens is 1. The summed E-state index contributed by atoms with van der Waals surface area (Å²) in [5.41, 5.74) is -0.541. The number of hydrogen-bond donors (Lipinski definition) is 2. The molecule has 21 heavy (non-hydrogen) atoms. The molecule has 2 N–H and O–H groups in total. The number of carboxylic acids is 1. The number of fused-ring (bicyclic) bond motifs is 1. The van der Waals surface area contributed by atoms with Gasteiger partial charge in [-0.05, 0) is 32.0 Å². The largest absolute Gasteiger partial charge is 0.477 e. The van der Waals surface area contributed by atoms with E-state index in [1.54, 1.807) is 12.1 Å². The first-order valence-corrected chi connectivity index (χ1v) is 6.28. The van der Waals surface area contributed by atoms with Gasteiger partial charge in [-0.15, -0.1) is 0 Å². The molecule has 0 saturated carbocycles. The predicted octanol–water partition coefficient (Wildman–Crippen LogP) is 2.71. The third-order valence-corrected chi connectivity index (χ3v) is 3.24. The van der Waals surface area contributed by atoms with Crippen LogP contribution in [0.25, 0.3) is 11.3 Å². The average molecular weight is 292 g/mol. The molecule has 0 fully saturated rings. The van der Waals surface area contributed by atoms with Crippen molar-refractivity contribution in [3.05, 3.63) is 29.5 Å². The molecule has 0 spiro atoms. The van der Waals surface area contributed by atoms with E-state index < -0.39 is 11.6 Å². The van der Waals surface area contributed by atoms with Gasteiger partial charge in [0.25, 0.3) is 0 Å². The standard InChI is InChI=1S/C14H13FN2O4/c1-14(2,15)8-4-12-11(20-6-21-12)3-7(8)9-5-10(13(18)19)17-16-9/h3-5H,6H2,1-2H3,(H,16,17)(H,18,19). The van der Waals surface area contributed by atoms with Crippen LogP contribution in [0, 0.1) is 0 Å². The first-order chi connectivity index (χ1) is 9.86. The van der Waals surface area contributed by atoms with E-state index in [4.69, 9.17) is 14.6 Å².